The van der Waals surface area contributed by atoms with E-state index in [1.165, 1.54) is 4.90 Å². The summed E-state index contributed by atoms with van der Waals surface area (Å²) in [7, 11) is 0. The van der Waals surface area contributed by atoms with Crippen molar-refractivity contribution in [3.05, 3.63) is 11.4 Å². The highest BCUT2D eigenvalue weighted by Gasteiger charge is 2.38. The molecule has 0 spiro atoms. The lowest BCUT2D eigenvalue weighted by molar-refractivity contribution is -0.138. The van der Waals surface area contributed by atoms with Crippen molar-refractivity contribution in [3.8, 4) is 0 Å². The molecule has 1 aromatic heterocycles. The number of carbonyl (C=O) groups excluding carboxylic acids is 2. The van der Waals surface area contributed by atoms with Gasteiger partial charge in [-0.15, -0.1) is 0 Å². The van der Waals surface area contributed by atoms with Gasteiger partial charge < -0.3 is 16.0 Å². The molecule has 21 heavy (non-hydrogen) atoms. The van der Waals surface area contributed by atoms with Crippen LogP contribution in [0.5, 0.6) is 0 Å². The Bertz CT molecular complexity index is 528. The Balaban J connectivity index is 2.07. The first-order valence-electron chi connectivity index (χ1n) is 7.02. The second kappa shape index (κ2) is 6.21. The molecule has 1 aliphatic rings. The summed E-state index contributed by atoms with van der Waals surface area (Å²) < 4.78 is 4.58. The van der Waals surface area contributed by atoms with Gasteiger partial charge in [-0.2, -0.15) is 0 Å². The summed E-state index contributed by atoms with van der Waals surface area (Å²) in [6.45, 7) is 5.85. The molecular weight excluding hydrogens is 274 g/mol. The van der Waals surface area contributed by atoms with Crippen LogP contribution in [0.15, 0.2) is 4.63 Å². The number of hydrogen-bond donors (Lipinski definition) is 2. The third-order valence-electron chi connectivity index (χ3n) is 3.45. The van der Waals surface area contributed by atoms with Crippen molar-refractivity contribution >= 4 is 11.8 Å². The van der Waals surface area contributed by atoms with Crippen LogP contribution in [-0.2, 0) is 16.0 Å². The first kappa shape index (κ1) is 15.4. The zero-order valence-corrected chi connectivity index (χ0v) is 12.5. The van der Waals surface area contributed by atoms with Crippen LogP contribution >= 0.6 is 0 Å². The van der Waals surface area contributed by atoms with E-state index in [1.807, 2.05) is 13.8 Å². The third-order valence-corrected chi connectivity index (χ3v) is 3.45. The summed E-state index contributed by atoms with van der Waals surface area (Å²) in [5, 5.41) is 10.2. The summed E-state index contributed by atoms with van der Waals surface area (Å²) in [5.74, 6) is -0.355. The number of rotatable bonds is 4. The zero-order chi connectivity index (χ0) is 15.6. The van der Waals surface area contributed by atoms with Crippen molar-refractivity contribution in [1.82, 2.24) is 20.5 Å². The SMILES string of the molecule is Cc1nonc1CC(=O)N1C[C@@H](N)C[C@H]1C(=O)NC(C)C. The van der Waals surface area contributed by atoms with Gasteiger partial charge in [0.2, 0.25) is 11.8 Å². The number of carbonyl (C=O) groups is 2. The zero-order valence-electron chi connectivity index (χ0n) is 12.5. The smallest absolute Gasteiger partial charge is 0.243 e. The van der Waals surface area contributed by atoms with Crippen molar-refractivity contribution in [2.75, 3.05) is 6.54 Å². The number of amides is 2. The Labute approximate surface area is 123 Å². The lowest BCUT2D eigenvalue weighted by Crippen LogP contribution is -2.48. The van der Waals surface area contributed by atoms with Crippen molar-refractivity contribution in [2.45, 2.75) is 51.7 Å². The Morgan fingerprint density at radius 2 is 2.19 bits per heavy atom. The van der Waals surface area contributed by atoms with Crippen molar-refractivity contribution < 1.29 is 14.2 Å². The second-order valence-electron chi connectivity index (χ2n) is 5.69. The highest BCUT2D eigenvalue weighted by molar-refractivity contribution is 5.89. The van der Waals surface area contributed by atoms with E-state index < -0.39 is 6.04 Å². The second-order valence-corrected chi connectivity index (χ2v) is 5.69. The minimum atomic E-state index is -0.518. The number of nitrogens with one attached hydrogen (secondary N) is 1. The highest BCUT2D eigenvalue weighted by atomic mass is 16.6. The Morgan fingerprint density at radius 1 is 1.48 bits per heavy atom. The molecule has 3 N–H and O–H groups in total. The van der Waals surface area contributed by atoms with Gasteiger partial charge in [0.05, 0.1) is 6.42 Å². The van der Waals surface area contributed by atoms with E-state index >= 15 is 0 Å². The third kappa shape index (κ3) is 3.57. The monoisotopic (exact) mass is 295 g/mol. The fraction of sp³-hybridized carbons (Fsp3) is 0.692. The summed E-state index contributed by atoms with van der Waals surface area (Å²) in [5.41, 5.74) is 6.97. The van der Waals surface area contributed by atoms with Crippen LogP contribution in [0.3, 0.4) is 0 Å². The minimum absolute atomic E-state index is 0.0215. The standard InChI is InChI=1S/C13H21N5O3/c1-7(2)15-13(20)11-4-9(14)6-18(11)12(19)5-10-8(3)16-21-17-10/h7,9,11H,4-6,14H2,1-3H3,(H,15,20)/t9-,11-/m0/s1. The molecule has 1 aromatic rings. The topological polar surface area (TPSA) is 114 Å². The van der Waals surface area contributed by atoms with Crippen LogP contribution in [0.25, 0.3) is 0 Å². The molecule has 0 aliphatic carbocycles. The van der Waals surface area contributed by atoms with Gasteiger partial charge in [-0.05, 0) is 27.2 Å². The van der Waals surface area contributed by atoms with Crippen molar-refractivity contribution in [2.24, 2.45) is 5.73 Å². The molecule has 2 rings (SSSR count). The molecule has 116 valence electrons. The lowest BCUT2D eigenvalue weighted by Gasteiger charge is -2.24. The first-order chi connectivity index (χ1) is 9.88. The summed E-state index contributed by atoms with van der Waals surface area (Å²) >= 11 is 0. The Hall–Kier alpha value is -1.96. The maximum absolute atomic E-state index is 12.4. The van der Waals surface area contributed by atoms with E-state index in [2.05, 4.69) is 20.3 Å². The van der Waals surface area contributed by atoms with E-state index in [1.54, 1.807) is 6.92 Å². The van der Waals surface area contributed by atoms with Gasteiger partial charge in [-0.3, -0.25) is 9.59 Å². The van der Waals surface area contributed by atoms with E-state index in [-0.39, 0.29) is 30.3 Å². The van der Waals surface area contributed by atoms with Crippen molar-refractivity contribution in [1.29, 1.82) is 0 Å². The van der Waals surface area contributed by atoms with Gasteiger partial charge in [0.15, 0.2) is 0 Å². The molecule has 0 aromatic carbocycles. The summed E-state index contributed by atoms with van der Waals surface area (Å²) in [6, 6.07) is -0.684. The van der Waals surface area contributed by atoms with Gasteiger partial charge in [0.1, 0.15) is 17.4 Å². The number of nitrogens with two attached hydrogens (primary N) is 1. The molecule has 2 amide bonds. The number of nitrogens with zero attached hydrogens (tertiary/aromatic N) is 3. The van der Waals surface area contributed by atoms with Crippen LogP contribution in [0.4, 0.5) is 0 Å². The van der Waals surface area contributed by atoms with Crippen LogP contribution in [0.2, 0.25) is 0 Å². The molecule has 1 fully saturated rings. The Morgan fingerprint density at radius 3 is 2.76 bits per heavy atom. The van der Waals surface area contributed by atoms with Crippen LogP contribution in [0, 0.1) is 6.92 Å². The normalized spacial score (nSPS) is 21.9. The maximum Gasteiger partial charge on any atom is 0.243 e. The van der Waals surface area contributed by atoms with Gasteiger partial charge in [-0.25, -0.2) is 4.63 Å². The molecule has 8 heteroatoms. The van der Waals surface area contributed by atoms with E-state index in [9.17, 15) is 9.59 Å². The molecule has 0 radical (unpaired) electrons. The van der Waals surface area contributed by atoms with E-state index in [0.29, 0.717) is 24.4 Å². The predicted molar refractivity (Wildman–Crippen MR) is 74.1 cm³/mol. The first-order valence-corrected chi connectivity index (χ1v) is 7.02. The van der Waals surface area contributed by atoms with Crippen molar-refractivity contribution in [3.63, 3.8) is 0 Å². The van der Waals surface area contributed by atoms with Gasteiger partial charge in [0, 0.05) is 18.6 Å². The van der Waals surface area contributed by atoms with Crippen LogP contribution < -0.4 is 11.1 Å². The molecule has 2 heterocycles. The largest absolute Gasteiger partial charge is 0.352 e. The van der Waals surface area contributed by atoms with Gasteiger partial charge in [0.25, 0.3) is 0 Å². The molecule has 8 nitrogen and oxygen atoms in total. The summed E-state index contributed by atoms with van der Waals surface area (Å²) in [4.78, 5) is 26.1. The molecule has 0 unspecified atom stereocenters. The van der Waals surface area contributed by atoms with Crippen LogP contribution in [0.1, 0.15) is 31.7 Å². The Kier molecular flexibility index (Phi) is 4.56. The summed E-state index contributed by atoms with van der Waals surface area (Å²) in [6.07, 6.45) is 0.536. The molecule has 1 aliphatic heterocycles. The number of likely N-dealkylation sites (tertiary alicyclic amines) is 1. The van der Waals surface area contributed by atoms with E-state index in [0.717, 1.165) is 0 Å². The minimum Gasteiger partial charge on any atom is -0.352 e. The number of aromatic nitrogens is 2. The molecule has 0 bridgehead atoms. The fourth-order valence-corrected chi connectivity index (χ4v) is 2.43. The average molecular weight is 295 g/mol. The fourth-order valence-electron chi connectivity index (χ4n) is 2.43. The molecule has 1 saturated heterocycles. The van der Waals surface area contributed by atoms with Gasteiger partial charge in [-0.1, -0.05) is 10.3 Å². The molecule has 2 atom stereocenters. The average Bonchev–Trinajstić information content (AvgIpc) is 2.95. The van der Waals surface area contributed by atoms with Gasteiger partial charge >= 0.3 is 0 Å². The molecular formula is C13H21N5O3. The number of hydrogen-bond acceptors (Lipinski definition) is 6. The molecule has 0 saturated carbocycles. The number of aryl methyl sites for hydroxylation is 1. The van der Waals surface area contributed by atoms with Crippen LogP contribution in [-0.4, -0.2) is 51.7 Å². The predicted octanol–water partition coefficient (Wildman–Crippen LogP) is -0.627. The highest BCUT2D eigenvalue weighted by Crippen LogP contribution is 2.19. The van der Waals surface area contributed by atoms with E-state index in [4.69, 9.17) is 5.73 Å². The quantitative estimate of drug-likeness (QED) is 0.764. The maximum atomic E-state index is 12.4. The lowest BCUT2D eigenvalue weighted by atomic mass is 10.1.